The Hall–Kier alpha value is -3.66. The molecule has 0 spiro atoms. The molecule has 3 aromatic heterocycles. The lowest BCUT2D eigenvalue weighted by Crippen LogP contribution is -2.52. The van der Waals surface area contributed by atoms with Crippen molar-refractivity contribution in [1.82, 2.24) is 29.5 Å². The van der Waals surface area contributed by atoms with Crippen molar-refractivity contribution in [3.05, 3.63) is 47.5 Å². The van der Waals surface area contributed by atoms with Gasteiger partial charge in [-0.25, -0.2) is 14.5 Å². The zero-order valence-electron chi connectivity index (χ0n) is 20.3. The zero-order valence-corrected chi connectivity index (χ0v) is 20.3. The molecule has 1 N–H and O–H groups in total. The van der Waals surface area contributed by atoms with Gasteiger partial charge in [0.1, 0.15) is 11.5 Å². The smallest absolute Gasteiger partial charge is 0.319 e. The number of furan rings is 1. The van der Waals surface area contributed by atoms with Gasteiger partial charge in [-0.05, 0) is 45.0 Å². The topological polar surface area (TPSA) is 99.7 Å². The first-order valence-corrected chi connectivity index (χ1v) is 11.3. The van der Waals surface area contributed by atoms with Crippen molar-refractivity contribution in [3.63, 3.8) is 0 Å². The molecule has 1 fully saturated rings. The van der Waals surface area contributed by atoms with E-state index in [1.165, 1.54) is 0 Å². The minimum atomic E-state index is -0.125. The van der Waals surface area contributed by atoms with Crippen molar-refractivity contribution in [1.29, 1.82) is 0 Å². The number of rotatable bonds is 5. The number of piperazine rings is 1. The molecule has 4 heterocycles. The fraction of sp³-hybridized carbons (Fsp3) is 0.417. The van der Waals surface area contributed by atoms with Crippen LogP contribution in [0.15, 0.2) is 34.7 Å². The van der Waals surface area contributed by atoms with E-state index in [9.17, 15) is 9.59 Å². The van der Waals surface area contributed by atoms with Crippen LogP contribution < -0.4 is 5.32 Å². The van der Waals surface area contributed by atoms with E-state index in [1.54, 1.807) is 34.6 Å². The minimum absolute atomic E-state index is 0.00161. The number of urea groups is 1. The second kappa shape index (κ2) is 9.68. The van der Waals surface area contributed by atoms with Crippen molar-refractivity contribution in [2.75, 3.05) is 52.1 Å². The SMILES string of the molecule is Cc1cc(C)n(-c2cc(NC(=O)CN3CCN(C(=O)N(C)C)CC3)cc(-c3ccc(C)o3)n2)n1. The molecule has 0 atom stereocenters. The summed E-state index contributed by atoms with van der Waals surface area (Å²) in [5, 5.41) is 7.54. The van der Waals surface area contributed by atoms with Crippen LogP contribution in [-0.4, -0.2) is 88.2 Å². The van der Waals surface area contributed by atoms with Gasteiger partial charge >= 0.3 is 6.03 Å². The minimum Gasteiger partial charge on any atom is -0.460 e. The summed E-state index contributed by atoms with van der Waals surface area (Å²) in [5.74, 6) is 1.88. The Labute approximate surface area is 199 Å². The first kappa shape index (κ1) is 23.5. The van der Waals surface area contributed by atoms with Gasteiger partial charge < -0.3 is 19.5 Å². The van der Waals surface area contributed by atoms with Crippen molar-refractivity contribution in [2.45, 2.75) is 20.8 Å². The molecule has 3 amide bonds. The third kappa shape index (κ3) is 5.28. The number of hydrogen-bond acceptors (Lipinski definition) is 6. The second-order valence-corrected chi connectivity index (χ2v) is 8.84. The van der Waals surface area contributed by atoms with Crippen LogP contribution in [-0.2, 0) is 4.79 Å². The van der Waals surface area contributed by atoms with Crippen molar-refractivity contribution >= 4 is 17.6 Å². The van der Waals surface area contributed by atoms with Gasteiger partial charge in [0.2, 0.25) is 5.91 Å². The molecular weight excluding hydrogens is 434 g/mol. The molecule has 3 aromatic rings. The van der Waals surface area contributed by atoms with Gasteiger partial charge in [0.05, 0.1) is 12.2 Å². The van der Waals surface area contributed by atoms with Gasteiger partial charge in [-0.3, -0.25) is 9.69 Å². The van der Waals surface area contributed by atoms with Gasteiger partial charge in [0.15, 0.2) is 11.6 Å². The van der Waals surface area contributed by atoms with Crippen LogP contribution in [0.2, 0.25) is 0 Å². The summed E-state index contributed by atoms with van der Waals surface area (Å²) in [4.78, 5) is 35.1. The molecule has 1 saturated heterocycles. The number of pyridine rings is 1. The molecule has 0 unspecified atom stereocenters. The summed E-state index contributed by atoms with van der Waals surface area (Å²) < 4.78 is 7.53. The fourth-order valence-corrected chi connectivity index (χ4v) is 4.04. The summed E-state index contributed by atoms with van der Waals surface area (Å²) >= 11 is 0. The Morgan fingerprint density at radius 3 is 2.38 bits per heavy atom. The Bertz CT molecular complexity index is 1190. The number of carbonyl (C=O) groups is 2. The molecule has 1 aliphatic rings. The average Bonchev–Trinajstić information content (AvgIpc) is 3.37. The quantitative estimate of drug-likeness (QED) is 0.622. The number of nitrogens with one attached hydrogen (secondary N) is 1. The third-order valence-electron chi connectivity index (χ3n) is 5.71. The number of aryl methyl sites for hydroxylation is 3. The van der Waals surface area contributed by atoms with E-state index in [4.69, 9.17) is 9.40 Å². The molecule has 0 aromatic carbocycles. The Kier molecular flexibility index (Phi) is 6.69. The summed E-state index contributed by atoms with van der Waals surface area (Å²) in [6.07, 6.45) is 0. The van der Waals surface area contributed by atoms with E-state index < -0.39 is 0 Å². The highest BCUT2D eigenvalue weighted by molar-refractivity contribution is 5.93. The van der Waals surface area contributed by atoms with Crippen LogP contribution in [0, 0.1) is 20.8 Å². The maximum absolute atomic E-state index is 12.9. The molecule has 0 bridgehead atoms. The summed E-state index contributed by atoms with van der Waals surface area (Å²) in [7, 11) is 3.49. The van der Waals surface area contributed by atoms with Crippen LogP contribution in [0.4, 0.5) is 10.5 Å². The zero-order chi connectivity index (χ0) is 24.4. The van der Waals surface area contributed by atoms with Gasteiger partial charge in [-0.1, -0.05) is 0 Å². The van der Waals surface area contributed by atoms with Crippen LogP contribution >= 0.6 is 0 Å². The van der Waals surface area contributed by atoms with E-state index in [0.717, 1.165) is 17.1 Å². The van der Waals surface area contributed by atoms with Gasteiger partial charge in [-0.2, -0.15) is 5.10 Å². The number of amides is 3. The largest absolute Gasteiger partial charge is 0.460 e. The summed E-state index contributed by atoms with van der Waals surface area (Å²) in [5.41, 5.74) is 3.06. The van der Waals surface area contributed by atoms with Crippen LogP contribution in [0.25, 0.3) is 17.3 Å². The average molecular weight is 466 g/mol. The number of anilines is 1. The molecule has 0 saturated carbocycles. The maximum Gasteiger partial charge on any atom is 0.319 e. The van der Waals surface area contributed by atoms with Gasteiger partial charge in [-0.15, -0.1) is 0 Å². The van der Waals surface area contributed by atoms with E-state index in [0.29, 0.717) is 49.1 Å². The van der Waals surface area contributed by atoms with Crippen molar-refractivity contribution in [3.8, 4) is 17.3 Å². The monoisotopic (exact) mass is 465 g/mol. The standard InChI is InChI=1S/C24H31N7O3/c1-16-12-17(2)31(27-16)22-14-19(13-20(26-22)21-7-6-18(3)34-21)25-23(32)15-29-8-10-30(11-9-29)24(33)28(4)5/h6-7,12-14H,8-11,15H2,1-5H3,(H,25,26,32). The van der Waals surface area contributed by atoms with Gasteiger partial charge in [0, 0.05) is 57.7 Å². The van der Waals surface area contributed by atoms with Crippen molar-refractivity contribution in [2.24, 2.45) is 0 Å². The number of hydrogen-bond donors (Lipinski definition) is 1. The highest BCUT2D eigenvalue weighted by Gasteiger charge is 2.23. The normalized spacial score (nSPS) is 14.3. The Balaban J connectivity index is 1.50. The van der Waals surface area contributed by atoms with Crippen molar-refractivity contribution < 1.29 is 14.0 Å². The lowest BCUT2D eigenvalue weighted by molar-refractivity contribution is -0.117. The predicted octanol–water partition coefficient (Wildman–Crippen LogP) is 2.69. The molecule has 34 heavy (non-hydrogen) atoms. The summed E-state index contributed by atoms with van der Waals surface area (Å²) in [6.45, 7) is 8.52. The molecule has 1 aliphatic heterocycles. The molecular formula is C24H31N7O3. The van der Waals surface area contributed by atoms with Gasteiger partial charge in [0.25, 0.3) is 0 Å². The van der Waals surface area contributed by atoms with Crippen LogP contribution in [0.5, 0.6) is 0 Å². The first-order valence-electron chi connectivity index (χ1n) is 11.3. The number of nitrogens with zero attached hydrogens (tertiary/aromatic N) is 6. The Morgan fingerprint density at radius 2 is 1.79 bits per heavy atom. The molecule has 0 radical (unpaired) electrons. The predicted molar refractivity (Wildman–Crippen MR) is 129 cm³/mol. The molecule has 4 rings (SSSR count). The second-order valence-electron chi connectivity index (χ2n) is 8.84. The molecule has 180 valence electrons. The highest BCUT2D eigenvalue weighted by atomic mass is 16.3. The Morgan fingerprint density at radius 1 is 1.06 bits per heavy atom. The number of carbonyl (C=O) groups excluding carboxylic acids is 2. The van der Waals surface area contributed by atoms with E-state index in [-0.39, 0.29) is 18.5 Å². The van der Waals surface area contributed by atoms with Crippen LogP contribution in [0.3, 0.4) is 0 Å². The maximum atomic E-state index is 12.9. The van der Waals surface area contributed by atoms with Crippen LogP contribution in [0.1, 0.15) is 17.1 Å². The highest BCUT2D eigenvalue weighted by Crippen LogP contribution is 2.26. The molecule has 0 aliphatic carbocycles. The fourth-order valence-electron chi connectivity index (χ4n) is 4.04. The van der Waals surface area contributed by atoms with E-state index in [1.807, 2.05) is 45.0 Å². The first-order chi connectivity index (χ1) is 16.2. The van der Waals surface area contributed by atoms with E-state index in [2.05, 4.69) is 15.3 Å². The lowest BCUT2D eigenvalue weighted by atomic mass is 10.2. The third-order valence-corrected chi connectivity index (χ3v) is 5.71. The molecule has 10 heteroatoms. The lowest BCUT2D eigenvalue weighted by Gasteiger charge is -2.35. The summed E-state index contributed by atoms with van der Waals surface area (Å²) in [6, 6.07) is 9.33. The number of aromatic nitrogens is 3. The molecule has 10 nitrogen and oxygen atoms in total. The van der Waals surface area contributed by atoms with E-state index >= 15 is 0 Å².